The SMILES string of the molecule is O=C(Cc1cccs1)NC1C(=O)N2C(C(=O)OC(c3ccccc3)c3ccccc3)=C(C=P(c3ccccc3)(c3ccccc3)c3ccccc3)CSC12. The van der Waals surface area contributed by atoms with Gasteiger partial charge in [-0.05, 0) is 56.7 Å². The minimum atomic E-state index is -2.57. The number of hydrogen-bond acceptors (Lipinski definition) is 6. The van der Waals surface area contributed by atoms with E-state index in [1.54, 1.807) is 16.7 Å². The summed E-state index contributed by atoms with van der Waals surface area (Å²) >= 11 is 3.06. The zero-order chi connectivity index (χ0) is 36.9. The minimum Gasteiger partial charge on any atom is -0.448 e. The molecular weight excluding hydrogens is 728 g/mol. The van der Waals surface area contributed by atoms with Crippen LogP contribution in [0.5, 0.6) is 0 Å². The minimum absolute atomic E-state index is 0.191. The summed E-state index contributed by atoms with van der Waals surface area (Å²) in [6, 6.07) is 53.6. The normalized spacial score (nSPS) is 16.7. The zero-order valence-corrected chi connectivity index (χ0v) is 31.8. The fourth-order valence-corrected chi connectivity index (χ4v) is 13.3. The van der Waals surface area contributed by atoms with Gasteiger partial charge in [-0.1, -0.05) is 158 Å². The van der Waals surface area contributed by atoms with Gasteiger partial charge in [-0.3, -0.25) is 14.5 Å². The number of thioether (sulfide) groups is 1. The van der Waals surface area contributed by atoms with Crippen molar-refractivity contribution in [3.63, 3.8) is 0 Å². The van der Waals surface area contributed by atoms with Crippen molar-refractivity contribution in [2.45, 2.75) is 23.9 Å². The van der Waals surface area contributed by atoms with Crippen LogP contribution in [0.3, 0.4) is 0 Å². The first-order valence-electron chi connectivity index (χ1n) is 17.7. The molecule has 5 aromatic carbocycles. The molecule has 0 spiro atoms. The molecule has 6 nitrogen and oxygen atoms in total. The number of amides is 2. The highest BCUT2D eigenvalue weighted by Crippen LogP contribution is 2.48. The first-order valence-corrected chi connectivity index (χ1v) is 21.5. The monoisotopic (exact) mass is 764 g/mol. The Labute approximate surface area is 323 Å². The number of thiophene rings is 1. The lowest BCUT2D eigenvalue weighted by Crippen LogP contribution is -2.70. The van der Waals surface area contributed by atoms with E-state index in [2.05, 4.69) is 47.5 Å². The summed E-state index contributed by atoms with van der Waals surface area (Å²) in [4.78, 5) is 44.8. The van der Waals surface area contributed by atoms with Crippen LogP contribution in [0.2, 0.25) is 0 Å². The Kier molecular flexibility index (Phi) is 10.5. The number of rotatable bonds is 11. The maximum atomic E-state index is 15.0. The van der Waals surface area contributed by atoms with E-state index in [-0.39, 0.29) is 23.9 Å². The number of nitrogens with zero attached hydrogens (tertiary/aromatic N) is 1. The van der Waals surface area contributed by atoms with E-state index >= 15 is 0 Å². The lowest BCUT2D eigenvalue weighted by Gasteiger charge is -2.50. The second kappa shape index (κ2) is 15.9. The van der Waals surface area contributed by atoms with Crippen LogP contribution >= 0.6 is 30.0 Å². The van der Waals surface area contributed by atoms with Gasteiger partial charge < -0.3 is 10.1 Å². The fourth-order valence-electron chi connectivity index (χ4n) is 7.17. The molecule has 2 amide bonds. The molecule has 6 aromatic rings. The van der Waals surface area contributed by atoms with Crippen LogP contribution in [0.4, 0.5) is 0 Å². The summed E-state index contributed by atoms with van der Waals surface area (Å²) in [5, 5.41) is 7.80. The highest BCUT2D eigenvalue weighted by Gasteiger charge is 2.54. The van der Waals surface area contributed by atoms with Gasteiger partial charge in [0.2, 0.25) is 5.91 Å². The molecule has 9 heteroatoms. The van der Waals surface area contributed by atoms with E-state index in [0.717, 1.165) is 37.5 Å². The third-order valence-corrected chi connectivity index (χ3v) is 15.9. The van der Waals surface area contributed by atoms with Crippen LogP contribution < -0.4 is 21.2 Å². The number of fused-ring (bicyclic) bond motifs is 1. The third-order valence-electron chi connectivity index (χ3n) is 9.69. The fraction of sp³-hybridized carbons (Fsp3) is 0.111. The molecule has 2 unspecified atom stereocenters. The third kappa shape index (κ3) is 7.01. The Balaban J connectivity index is 1.29. The Morgan fingerprint density at radius 1 is 0.722 bits per heavy atom. The molecule has 2 atom stereocenters. The van der Waals surface area contributed by atoms with Crippen molar-refractivity contribution in [3.05, 3.63) is 196 Å². The van der Waals surface area contributed by atoms with Crippen molar-refractivity contribution in [2.24, 2.45) is 0 Å². The summed E-state index contributed by atoms with van der Waals surface area (Å²) in [7, 11) is 0. The van der Waals surface area contributed by atoms with Crippen molar-refractivity contribution in [2.75, 3.05) is 5.75 Å². The summed E-state index contributed by atoms with van der Waals surface area (Å²) in [6.45, 7) is -2.57. The molecule has 3 heterocycles. The van der Waals surface area contributed by atoms with Gasteiger partial charge in [-0.25, -0.2) is 4.79 Å². The average Bonchev–Trinajstić information content (AvgIpc) is 3.75. The molecule has 2 aliphatic heterocycles. The molecule has 0 radical (unpaired) electrons. The molecule has 54 heavy (non-hydrogen) atoms. The van der Waals surface area contributed by atoms with Gasteiger partial charge in [0, 0.05) is 10.6 Å². The Hall–Kier alpha value is -5.40. The predicted molar refractivity (Wildman–Crippen MR) is 222 cm³/mol. The van der Waals surface area contributed by atoms with Crippen LogP contribution in [0.1, 0.15) is 22.1 Å². The van der Waals surface area contributed by atoms with Crippen LogP contribution in [0, 0.1) is 0 Å². The number of carbonyl (C=O) groups is 3. The van der Waals surface area contributed by atoms with Crippen LogP contribution in [-0.4, -0.2) is 45.6 Å². The number of esters is 1. The highest BCUT2D eigenvalue weighted by atomic mass is 32.2. The van der Waals surface area contributed by atoms with Gasteiger partial charge in [-0.2, -0.15) is 0 Å². The molecular formula is C45H37N2O4PS2. The molecule has 0 aliphatic carbocycles. The van der Waals surface area contributed by atoms with E-state index in [4.69, 9.17) is 4.74 Å². The van der Waals surface area contributed by atoms with Gasteiger partial charge in [-0.15, -0.1) is 23.1 Å². The molecule has 268 valence electrons. The van der Waals surface area contributed by atoms with E-state index in [1.807, 2.05) is 133 Å². The first kappa shape index (κ1) is 35.6. The van der Waals surface area contributed by atoms with Crippen molar-refractivity contribution in [1.29, 1.82) is 0 Å². The highest BCUT2D eigenvalue weighted by molar-refractivity contribution is 8.00. The number of carbonyl (C=O) groups excluding carboxylic acids is 3. The molecule has 1 aromatic heterocycles. The van der Waals surface area contributed by atoms with E-state index in [9.17, 15) is 14.4 Å². The standard InChI is InChI=1S/C45H37N2O4PS2/c48-39(29-38-27-16-28-53-38)46-40-43(49)47-41(45(50)51-42(32-17-6-1-7-18-32)33-19-8-2-9-20-33)34(31-54-44(40)47)30-52(35-21-10-3-11-22-35,36-23-12-4-13-24-36)37-25-14-5-15-26-37/h1-28,30,40,42,44H,29,31H2,(H,46,48). The van der Waals surface area contributed by atoms with Gasteiger partial charge in [0.05, 0.1) is 6.42 Å². The summed E-state index contributed by atoms with van der Waals surface area (Å²) in [6.07, 6.45) is -0.521. The first-order chi connectivity index (χ1) is 26.5. The molecule has 1 saturated heterocycles. The van der Waals surface area contributed by atoms with Crippen molar-refractivity contribution in [1.82, 2.24) is 10.2 Å². The predicted octanol–water partition coefficient (Wildman–Crippen LogP) is 7.07. The van der Waals surface area contributed by atoms with Gasteiger partial charge in [0.15, 0.2) is 6.10 Å². The van der Waals surface area contributed by atoms with Crippen LogP contribution in [-0.2, 0) is 25.5 Å². The molecule has 0 bridgehead atoms. The molecule has 8 rings (SSSR count). The lowest BCUT2D eigenvalue weighted by molar-refractivity contribution is -0.154. The summed E-state index contributed by atoms with van der Waals surface area (Å²) in [5.74, 6) is 1.54. The number of β-lactam (4-membered cyclic amide) rings is 1. The van der Waals surface area contributed by atoms with Crippen molar-refractivity contribution >= 4 is 69.5 Å². The van der Waals surface area contributed by atoms with Crippen LogP contribution in [0.25, 0.3) is 0 Å². The zero-order valence-electron chi connectivity index (χ0n) is 29.2. The van der Waals surface area contributed by atoms with E-state index in [1.165, 1.54) is 11.3 Å². The Morgan fingerprint density at radius 3 is 1.70 bits per heavy atom. The number of hydrogen-bond donors (Lipinski definition) is 1. The Morgan fingerprint density at radius 2 is 1.22 bits per heavy atom. The quantitative estimate of drug-likeness (QED) is 0.0869. The second-order valence-electron chi connectivity index (χ2n) is 13.1. The molecule has 1 N–H and O–H groups in total. The van der Waals surface area contributed by atoms with E-state index < -0.39 is 30.4 Å². The molecule has 0 saturated carbocycles. The lowest BCUT2D eigenvalue weighted by atomic mass is 10.0. The van der Waals surface area contributed by atoms with E-state index in [0.29, 0.717) is 5.75 Å². The van der Waals surface area contributed by atoms with Gasteiger partial charge in [0.25, 0.3) is 5.91 Å². The van der Waals surface area contributed by atoms with Gasteiger partial charge in [0.1, 0.15) is 17.1 Å². The number of nitrogens with one attached hydrogen (secondary N) is 1. The van der Waals surface area contributed by atoms with Gasteiger partial charge >= 0.3 is 5.97 Å². The Bertz CT molecular complexity index is 2190. The average molecular weight is 765 g/mol. The van der Waals surface area contributed by atoms with Crippen molar-refractivity contribution < 1.29 is 19.1 Å². The second-order valence-corrected chi connectivity index (χ2v) is 18.4. The smallest absolute Gasteiger partial charge is 0.356 e. The largest absolute Gasteiger partial charge is 0.448 e. The number of ether oxygens (including phenoxy) is 1. The summed E-state index contributed by atoms with van der Waals surface area (Å²) < 4.78 is 6.52. The van der Waals surface area contributed by atoms with Crippen LogP contribution in [0.15, 0.2) is 180 Å². The molecule has 2 aliphatic rings. The molecule has 1 fully saturated rings. The maximum absolute atomic E-state index is 15.0. The van der Waals surface area contributed by atoms with Crippen molar-refractivity contribution in [3.8, 4) is 0 Å². The summed E-state index contributed by atoms with van der Waals surface area (Å²) in [5.41, 5.74) is 2.58. The maximum Gasteiger partial charge on any atom is 0.356 e. The topological polar surface area (TPSA) is 75.7 Å². The number of benzene rings is 5.